The zero-order valence-corrected chi connectivity index (χ0v) is 8.86. The molecule has 82 valence electrons. The summed E-state index contributed by atoms with van der Waals surface area (Å²) in [5.41, 5.74) is 12.3. The van der Waals surface area contributed by atoms with Gasteiger partial charge < -0.3 is 11.5 Å². The van der Waals surface area contributed by atoms with Gasteiger partial charge in [0.1, 0.15) is 0 Å². The highest BCUT2D eigenvalue weighted by Gasteiger charge is 2.11. The average Bonchev–Trinajstić information content (AvgIpc) is 2.70. The van der Waals surface area contributed by atoms with Gasteiger partial charge in [0, 0.05) is 22.9 Å². The number of carbonyl (C=O) groups excluding carboxylic acids is 1. The van der Waals surface area contributed by atoms with Crippen LogP contribution in [0.1, 0.15) is 10.4 Å². The van der Waals surface area contributed by atoms with E-state index >= 15 is 0 Å². The van der Waals surface area contributed by atoms with E-state index < -0.39 is 0 Å². The molecule has 1 amide bonds. The summed E-state index contributed by atoms with van der Waals surface area (Å²) in [7, 11) is 0. The third kappa shape index (κ3) is 2.06. The van der Waals surface area contributed by atoms with Crippen molar-refractivity contribution in [1.29, 1.82) is 0 Å². The SMILES string of the molecule is Nc1ccc(C(=O)Nc2nnns2)c(N)c1. The Hall–Kier alpha value is -2.22. The molecule has 1 heterocycles. The van der Waals surface area contributed by atoms with Gasteiger partial charge in [0.2, 0.25) is 5.13 Å². The lowest BCUT2D eigenvalue weighted by molar-refractivity contribution is 0.102. The number of nitrogens with zero attached hydrogens (tertiary/aromatic N) is 3. The number of benzene rings is 1. The molecule has 0 aliphatic carbocycles. The fourth-order valence-electron chi connectivity index (χ4n) is 1.13. The lowest BCUT2D eigenvalue weighted by Gasteiger charge is -2.05. The van der Waals surface area contributed by atoms with E-state index in [0.29, 0.717) is 22.1 Å². The van der Waals surface area contributed by atoms with Crippen molar-refractivity contribution in [3.05, 3.63) is 23.8 Å². The number of aromatic nitrogens is 3. The molecule has 0 saturated carbocycles. The molecule has 0 fully saturated rings. The fourth-order valence-corrected chi connectivity index (χ4v) is 1.50. The largest absolute Gasteiger partial charge is 0.399 e. The van der Waals surface area contributed by atoms with Crippen molar-refractivity contribution in [2.75, 3.05) is 16.8 Å². The molecule has 2 rings (SSSR count). The summed E-state index contributed by atoms with van der Waals surface area (Å²) >= 11 is 0.985. The van der Waals surface area contributed by atoms with Crippen LogP contribution < -0.4 is 16.8 Å². The number of rotatable bonds is 2. The predicted molar refractivity (Wildman–Crippen MR) is 60.9 cm³/mol. The van der Waals surface area contributed by atoms with Crippen LogP contribution in [0.2, 0.25) is 0 Å². The van der Waals surface area contributed by atoms with E-state index in [1.807, 2.05) is 0 Å². The monoisotopic (exact) mass is 236 g/mol. The van der Waals surface area contributed by atoms with Crippen molar-refractivity contribution in [2.24, 2.45) is 0 Å². The summed E-state index contributed by atoms with van der Waals surface area (Å²) in [6.45, 7) is 0. The Morgan fingerprint density at radius 1 is 1.38 bits per heavy atom. The molecule has 5 N–H and O–H groups in total. The Morgan fingerprint density at radius 3 is 2.81 bits per heavy atom. The minimum absolute atomic E-state index is 0.315. The number of amides is 1. The molecule has 0 spiro atoms. The minimum atomic E-state index is -0.365. The van der Waals surface area contributed by atoms with Crippen molar-refractivity contribution >= 4 is 33.9 Å². The predicted octanol–water partition coefficient (Wildman–Crippen LogP) is 0.350. The van der Waals surface area contributed by atoms with Crippen molar-refractivity contribution in [3.63, 3.8) is 0 Å². The van der Waals surface area contributed by atoms with Crippen molar-refractivity contribution in [1.82, 2.24) is 14.8 Å². The van der Waals surface area contributed by atoms with E-state index in [9.17, 15) is 4.79 Å². The first-order valence-electron chi connectivity index (χ1n) is 4.28. The van der Waals surface area contributed by atoms with E-state index in [2.05, 4.69) is 20.1 Å². The maximum absolute atomic E-state index is 11.7. The normalized spacial score (nSPS) is 10.0. The lowest BCUT2D eigenvalue weighted by Crippen LogP contribution is -2.14. The Kier molecular flexibility index (Phi) is 2.64. The molecule has 0 unspecified atom stereocenters. The summed E-state index contributed by atoms with van der Waals surface area (Å²) in [4.78, 5) is 11.7. The van der Waals surface area contributed by atoms with Gasteiger partial charge in [-0.2, -0.15) is 0 Å². The quantitative estimate of drug-likeness (QED) is 0.647. The van der Waals surface area contributed by atoms with Crippen LogP contribution in [0.3, 0.4) is 0 Å². The Balaban J connectivity index is 2.21. The molecule has 0 aliphatic rings. The molecule has 1 aromatic heterocycles. The standard InChI is InChI=1S/C8H8N6OS/c9-4-1-2-5(6(10)3-4)7(15)11-8-12-13-14-16-8/h1-3H,9-10H2,(H,11,12,14,15). The van der Waals surface area contributed by atoms with Crippen LogP contribution in [0, 0.1) is 0 Å². The molecule has 16 heavy (non-hydrogen) atoms. The van der Waals surface area contributed by atoms with Crippen LogP contribution in [0.5, 0.6) is 0 Å². The van der Waals surface area contributed by atoms with Crippen molar-refractivity contribution in [3.8, 4) is 0 Å². The number of nitrogen functional groups attached to an aromatic ring is 2. The van der Waals surface area contributed by atoms with Gasteiger partial charge in [0.05, 0.1) is 5.56 Å². The molecule has 8 heteroatoms. The van der Waals surface area contributed by atoms with Gasteiger partial charge in [-0.1, -0.05) is 9.59 Å². The van der Waals surface area contributed by atoms with Crippen LogP contribution in [-0.2, 0) is 0 Å². The van der Waals surface area contributed by atoms with E-state index in [4.69, 9.17) is 11.5 Å². The number of carbonyl (C=O) groups is 1. The number of nitrogens with one attached hydrogen (secondary N) is 1. The fraction of sp³-hybridized carbons (Fsp3) is 0. The van der Waals surface area contributed by atoms with Crippen LogP contribution in [0.15, 0.2) is 18.2 Å². The van der Waals surface area contributed by atoms with E-state index in [1.165, 1.54) is 6.07 Å². The van der Waals surface area contributed by atoms with Gasteiger partial charge in [-0.3, -0.25) is 10.1 Å². The van der Waals surface area contributed by atoms with Crippen LogP contribution >= 0.6 is 11.5 Å². The molecular formula is C8H8N6OS. The molecule has 0 atom stereocenters. The summed E-state index contributed by atoms with van der Waals surface area (Å²) in [5.74, 6) is -0.365. The maximum atomic E-state index is 11.7. The van der Waals surface area contributed by atoms with Gasteiger partial charge in [0.25, 0.3) is 5.91 Å². The minimum Gasteiger partial charge on any atom is -0.399 e. The van der Waals surface area contributed by atoms with Gasteiger partial charge in [-0.25, -0.2) is 0 Å². The molecule has 0 aliphatic heterocycles. The second-order valence-corrected chi connectivity index (χ2v) is 3.70. The molecule has 0 bridgehead atoms. The third-order valence-corrected chi connectivity index (χ3v) is 2.35. The van der Waals surface area contributed by atoms with E-state index in [-0.39, 0.29) is 5.91 Å². The zero-order chi connectivity index (χ0) is 11.5. The van der Waals surface area contributed by atoms with Crippen LogP contribution in [0.25, 0.3) is 0 Å². The average molecular weight is 236 g/mol. The third-order valence-electron chi connectivity index (χ3n) is 1.84. The zero-order valence-electron chi connectivity index (χ0n) is 8.04. The number of nitrogens with two attached hydrogens (primary N) is 2. The number of anilines is 3. The summed E-state index contributed by atoms with van der Waals surface area (Å²) in [6, 6.07) is 4.67. The highest BCUT2D eigenvalue weighted by Crippen LogP contribution is 2.17. The molecule has 2 aromatic rings. The van der Waals surface area contributed by atoms with Gasteiger partial charge >= 0.3 is 0 Å². The second kappa shape index (κ2) is 4.11. The smallest absolute Gasteiger partial charge is 0.259 e. The van der Waals surface area contributed by atoms with E-state index in [0.717, 1.165) is 11.5 Å². The summed E-state index contributed by atoms with van der Waals surface area (Å²) < 4.78 is 3.52. The maximum Gasteiger partial charge on any atom is 0.259 e. The summed E-state index contributed by atoms with van der Waals surface area (Å²) in [6.07, 6.45) is 0. The molecule has 1 aromatic carbocycles. The van der Waals surface area contributed by atoms with Crippen LogP contribution in [0.4, 0.5) is 16.5 Å². The Labute approximate surface area is 94.6 Å². The van der Waals surface area contributed by atoms with Gasteiger partial charge in [0.15, 0.2) is 0 Å². The Morgan fingerprint density at radius 2 is 2.19 bits per heavy atom. The van der Waals surface area contributed by atoms with Crippen molar-refractivity contribution in [2.45, 2.75) is 0 Å². The molecular weight excluding hydrogens is 228 g/mol. The lowest BCUT2D eigenvalue weighted by atomic mass is 10.1. The Bertz CT molecular complexity index is 511. The number of hydrogen-bond donors (Lipinski definition) is 3. The highest BCUT2D eigenvalue weighted by atomic mass is 32.1. The summed E-state index contributed by atoms with van der Waals surface area (Å²) in [5, 5.41) is 9.79. The molecule has 0 radical (unpaired) electrons. The highest BCUT2D eigenvalue weighted by molar-refractivity contribution is 7.09. The molecule has 7 nitrogen and oxygen atoms in total. The van der Waals surface area contributed by atoms with Gasteiger partial charge in [-0.05, 0) is 23.4 Å². The molecule has 0 saturated heterocycles. The second-order valence-electron chi connectivity index (χ2n) is 2.97. The number of hydrogen-bond acceptors (Lipinski definition) is 7. The first-order chi connectivity index (χ1) is 7.66. The van der Waals surface area contributed by atoms with Crippen LogP contribution in [-0.4, -0.2) is 20.7 Å². The first-order valence-corrected chi connectivity index (χ1v) is 5.05. The van der Waals surface area contributed by atoms with Crippen molar-refractivity contribution < 1.29 is 4.79 Å². The first kappa shape index (κ1) is 10.3. The van der Waals surface area contributed by atoms with E-state index in [1.54, 1.807) is 12.1 Å². The van der Waals surface area contributed by atoms with Gasteiger partial charge in [-0.15, -0.1) is 0 Å². The topological polar surface area (TPSA) is 120 Å².